The van der Waals surface area contributed by atoms with Crippen LogP contribution in [0.2, 0.25) is 5.02 Å². The fraction of sp³-hybridized carbons (Fsp3) is 0.533. The Balaban J connectivity index is 1.93. The Bertz CT molecular complexity index is 434. The number of halogens is 1. The van der Waals surface area contributed by atoms with Gasteiger partial charge in [0, 0.05) is 23.0 Å². The highest BCUT2D eigenvalue weighted by molar-refractivity contribution is 8.00. The van der Waals surface area contributed by atoms with Gasteiger partial charge in [-0.15, -0.1) is 11.8 Å². The highest BCUT2D eigenvalue weighted by Gasteiger charge is 2.25. The summed E-state index contributed by atoms with van der Waals surface area (Å²) in [6.45, 7) is 6.02. The molecule has 0 aromatic heterocycles. The quantitative estimate of drug-likeness (QED) is 0.784. The van der Waals surface area contributed by atoms with Crippen LogP contribution in [0.3, 0.4) is 0 Å². The number of piperidine rings is 1. The Hall–Kier alpha value is -0.670. The van der Waals surface area contributed by atoms with Crippen LogP contribution >= 0.6 is 23.4 Å². The zero-order valence-electron chi connectivity index (χ0n) is 11.4. The van der Waals surface area contributed by atoms with E-state index in [-0.39, 0.29) is 11.2 Å². The molecule has 0 unspecified atom stereocenters. The molecule has 1 aromatic carbocycles. The molecule has 104 valence electrons. The number of carbonyl (C=O) groups excluding carboxylic acids is 1. The van der Waals surface area contributed by atoms with Gasteiger partial charge in [0.05, 0.1) is 5.25 Å². The largest absolute Gasteiger partial charge is 0.341 e. The Labute approximate surface area is 124 Å². The predicted molar refractivity (Wildman–Crippen MR) is 81.7 cm³/mol. The van der Waals surface area contributed by atoms with Gasteiger partial charge in [-0.2, -0.15) is 0 Å². The Morgan fingerprint density at radius 3 is 2.74 bits per heavy atom. The smallest absolute Gasteiger partial charge is 0.235 e. The monoisotopic (exact) mass is 297 g/mol. The van der Waals surface area contributed by atoms with Crippen molar-refractivity contribution in [2.75, 3.05) is 13.1 Å². The normalized spacial score (nSPS) is 21.2. The van der Waals surface area contributed by atoms with Crippen molar-refractivity contribution in [1.82, 2.24) is 4.90 Å². The lowest BCUT2D eigenvalue weighted by Crippen LogP contribution is -2.42. The summed E-state index contributed by atoms with van der Waals surface area (Å²) in [7, 11) is 0. The van der Waals surface area contributed by atoms with E-state index in [4.69, 9.17) is 11.6 Å². The summed E-state index contributed by atoms with van der Waals surface area (Å²) in [6, 6.07) is 7.67. The third kappa shape index (κ3) is 4.15. The van der Waals surface area contributed by atoms with Gasteiger partial charge in [0.15, 0.2) is 0 Å². The van der Waals surface area contributed by atoms with Gasteiger partial charge in [-0.25, -0.2) is 0 Å². The lowest BCUT2D eigenvalue weighted by molar-refractivity contribution is -0.131. The van der Waals surface area contributed by atoms with E-state index in [9.17, 15) is 4.79 Å². The Morgan fingerprint density at radius 2 is 2.11 bits per heavy atom. The van der Waals surface area contributed by atoms with Crippen LogP contribution in [0.15, 0.2) is 29.2 Å². The van der Waals surface area contributed by atoms with Crippen molar-refractivity contribution in [2.45, 2.75) is 36.8 Å². The van der Waals surface area contributed by atoms with Crippen LogP contribution in [0, 0.1) is 5.92 Å². The zero-order chi connectivity index (χ0) is 13.8. The number of hydrogen-bond acceptors (Lipinski definition) is 2. The molecular formula is C15H20ClNOS. The number of amides is 1. The molecule has 2 nitrogen and oxygen atoms in total. The van der Waals surface area contributed by atoms with Crippen LogP contribution in [0.25, 0.3) is 0 Å². The fourth-order valence-corrected chi connectivity index (χ4v) is 3.49. The molecule has 2 rings (SSSR count). The van der Waals surface area contributed by atoms with E-state index < -0.39 is 0 Å². The molecule has 1 saturated heterocycles. The molecule has 0 spiro atoms. The van der Waals surface area contributed by atoms with Crippen molar-refractivity contribution in [1.29, 1.82) is 0 Å². The highest BCUT2D eigenvalue weighted by Crippen LogP contribution is 2.27. The summed E-state index contributed by atoms with van der Waals surface area (Å²) in [6.07, 6.45) is 2.37. The van der Waals surface area contributed by atoms with Gasteiger partial charge in [0.25, 0.3) is 0 Å². The fourth-order valence-electron chi connectivity index (χ4n) is 2.41. The molecule has 1 aliphatic rings. The SMILES string of the molecule is C[C@@H]1CCCN(C(=O)[C@H](C)Sc2ccc(Cl)cc2)C1. The molecule has 0 radical (unpaired) electrons. The molecule has 2 atom stereocenters. The van der Waals surface area contributed by atoms with Crippen LogP contribution in [0.5, 0.6) is 0 Å². The van der Waals surface area contributed by atoms with Crippen LogP contribution in [0.1, 0.15) is 26.7 Å². The molecule has 1 fully saturated rings. The molecular weight excluding hydrogens is 278 g/mol. The first-order chi connectivity index (χ1) is 9.06. The Morgan fingerprint density at radius 1 is 1.42 bits per heavy atom. The topological polar surface area (TPSA) is 20.3 Å². The van der Waals surface area contributed by atoms with Crippen molar-refractivity contribution in [2.24, 2.45) is 5.92 Å². The number of thioether (sulfide) groups is 1. The molecule has 1 aromatic rings. The maximum Gasteiger partial charge on any atom is 0.235 e. The van der Waals surface area contributed by atoms with Gasteiger partial charge in [-0.1, -0.05) is 18.5 Å². The minimum atomic E-state index is -0.0357. The van der Waals surface area contributed by atoms with E-state index in [1.165, 1.54) is 6.42 Å². The summed E-state index contributed by atoms with van der Waals surface area (Å²) in [5.41, 5.74) is 0. The van der Waals surface area contributed by atoms with Crippen molar-refractivity contribution in [3.63, 3.8) is 0 Å². The maximum atomic E-state index is 12.4. The number of likely N-dealkylation sites (tertiary alicyclic amines) is 1. The third-order valence-electron chi connectivity index (χ3n) is 3.44. The highest BCUT2D eigenvalue weighted by atomic mass is 35.5. The van der Waals surface area contributed by atoms with Crippen molar-refractivity contribution in [3.8, 4) is 0 Å². The first-order valence-electron chi connectivity index (χ1n) is 6.77. The van der Waals surface area contributed by atoms with Gasteiger partial charge in [0.1, 0.15) is 0 Å². The molecule has 1 aliphatic heterocycles. The molecule has 0 bridgehead atoms. The first-order valence-corrected chi connectivity index (χ1v) is 8.03. The van der Waals surface area contributed by atoms with Crippen LogP contribution in [0.4, 0.5) is 0 Å². The average Bonchev–Trinajstić information content (AvgIpc) is 2.40. The minimum Gasteiger partial charge on any atom is -0.341 e. The lowest BCUT2D eigenvalue weighted by Gasteiger charge is -2.32. The summed E-state index contributed by atoms with van der Waals surface area (Å²) in [5, 5.41) is 0.694. The molecule has 1 amide bonds. The van der Waals surface area contributed by atoms with Gasteiger partial charge in [-0.05, 0) is 49.9 Å². The number of rotatable bonds is 3. The van der Waals surface area contributed by atoms with E-state index in [1.807, 2.05) is 36.1 Å². The molecule has 4 heteroatoms. The second-order valence-electron chi connectivity index (χ2n) is 5.25. The van der Waals surface area contributed by atoms with E-state index >= 15 is 0 Å². The van der Waals surface area contributed by atoms with Gasteiger partial charge in [-0.3, -0.25) is 4.79 Å². The standard InChI is InChI=1S/C15H20ClNOS/c1-11-4-3-9-17(10-11)15(18)12(2)19-14-7-5-13(16)6-8-14/h5-8,11-12H,3-4,9-10H2,1-2H3/t11-,12+/m1/s1. The van der Waals surface area contributed by atoms with E-state index in [0.717, 1.165) is 29.4 Å². The van der Waals surface area contributed by atoms with E-state index in [0.29, 0.717) is 5.92 Å². The van der Waals surface area contributed by atoms with Crippen LogP contribution in [-0.4, -0.2) is 29.1 Å². The maximum absolute atomic E-state index is 12.4. The number of hydrogen-bond donors (Lipinski definition) is 0. The number of nitrogens with zero attached hydrogens (tertiary/aromatic N) is 1. The van der Waals surface area contributed by atoms with E-state index in [1.54, 1.807) is 11.8 Å². The van der Waals surface area contributed by atoms with Crippen molar-refractivity contribution < 1.29 is 4.79 Å². The molecule has 1 heterocycles. The molecule has 0 N–H and O–H groups in total. The second kappa shape index (κ2) is 6.67. The average molecular weight is 298 g/mol. The number of carbonyl (C=O) groups is 1. The summed E-state index contributed by atoms with van der Waals surface area (Å²) in [5.74, 6) is 0.886. The minimum absolute atomic E-state index is 0.0357. The van der Waals surface area contributed by atoms with Crippen LogP contribution in [-0.2, 0) is 4.79 Å². The first kappa shape index (κ1) is 14.7. The molecule has 19 heavy (non-hydrogen) atoms. The van der Waals surface area contributed by atoms with Gasteiger partial charge >= 0.3 is 0 Å². The van der Waals surface area contributed by atoms with Crippen molar-refractivity contribution in [3.05, 3.63) is 29.3 Å². The zero-order valence-corrected chi connectivity index (χ0v) is 13.0. The van der Waals surface area contributed by atoms with Crippen molar-refractivity contribution >= 4 is 29.3 Å². The summed E-state index contributed by atoms with van der Waals surface area (Å²) >= 11 is 7.47. The number of benzene rings is 1. The van der Waals surface area contributed by atoms with Crippen LogP contribution < -0.4 is 0 Å². The molecule has 0 aliphatic carbocycles. The third-order valence-corrected chi connectivity index (χ3v) is 4.79. The van der Waals surface area contributed by atoms with E-state index in [2.05, 4.69) is 6.92 Å². The van der Waals surface area contributed by atoms with Gasteiger partial charge in [0.2, 0.25) is 5.91 Å². The molecule has 0 saturated carbocycles. The Kier molecular flexibility index (Phi) is 5.17. The lowest BCUT2D eigenvalue weighted by atomic mass is 10.0. The predicted octanol–water partition coefficient (Wildman–Crippen LogP) is 4.08. The van der Waals surface area contributed by atoms with Gasteiger partial charge < -0.3 is 4.90 Å². The summed E-state index contributed by atoms with van der Waals surface area (Å²) < 4.78 is 0. The second-order valence-corrected chi connectivity index (χ2v) is 7.10. The summed E-state index contributed by atoms with van der Waals surface area (Å²) in [4.78, 5) is 15.5.